The second kappa shape index (κ2) is 8.19. The Bertz CT molecular complexity index is 822. The summed E-state index contributed by atoms with van der Waals surface area (Å²) < 4.78 is 13.6. The fourth-order valence-electron chi connectivity index (χ4n) is 2.87. The van der Waals surface area contributed by atoms with E-state index in [1.54, 1.807) is 35.2 Å². The van der Waals surface area contributed by atoms with Crippen LogP contribution in [0.4, 0.5) is 15.8 Å². The number of nitrogens with zero attached hydrogens (tertiary/aromatic N) is 1. The van der Waals surface area contributed by atoms with Gasteiger partial charge in [-0.05, 0) is 43.2 Å². The van der Waals surface area contributed by atoms with E-state index >= 15 is 0 Å². The van der Waals surface area contributed by atoms with Crippen molar-refractivity contribution in [3.05, 3.63) is 58.9 Å². The van der Waals surface area contributed by atoms with E-state index in [0.717, 1.165) is 25.9 Å². The molecule has 0 aliphatic carbocycles. The smallest absolute Gasteiger partial charge is 0.256 e. The van der Waals surface area contributed by atoms with Crippen molar-refractivity contribution in [2.24, 2.45) is 0 Å². The number of nitrogens with one attached hydrogen (secondary N) is 2. The monoisotopic (exact) mass is 375 g/mol. The molecule has 0 aromatic heterocycles. The molecule has 26 heavy (non-hydrogen) atoms. The van der Waals surface area contributed by atoms with Crippen LogP contribution in [0.5, 0.6) is 0 Å². The molecule has 0 atom stereocenters. The maximum absolute atomic E-state index is 13.6. The summed E-state index contributed by atoms with van der Waals surface area (Å²) >= 11 is 6.04. The molecular weight excluding hydrogens is 357 g/mol. The topological polar surface area (TPSA) is 61.4 Å². The minimum atomic E-state index is -0.503. The van der Waals surface area contributed by atoms with Crippen LogP contribution < -0.4 is 10.6 Å². The molecule has 5 nitrogen and oxygen atoms in total. The zero-order valence-electron chi connectivity index (χ0n) is 14.1. The quantitative estimate of drug-likeness (QED) is 0.836. The number of rotatable bonds is 5. The number of amides is 2. The largest absolute Gasteiger partial charge is 0.375 e. The molecule has 1 aliphatic rings. The highest BCUT2D eigenvalue weighted by atomic mass is 35.5. The number of carbonyl (C=O) groups is 2. The number of carbonyl (C=O) groups excluding carboxylic acids is 2. The number of likely N-dealkylation sites (tertiary alicyclic amines) is 1. The third kappa shape index (κ3) is 4.32. The lowest BCUT2D eigenvalue weighted by molar-refractivity contribution is -0.114. The van der Waals surface area contributed by atoms with Gasteiger partial charge < -0.3 is 15.5 Å². The summed E-state index contributed by atoms with van der Waals surface area (Å²) in [7, 11) is 0. The molecule has 0 saturated carbocycles. The average Bonchev–Trinajstić information content (AvgIpc) is 3.16. The van der Waals surface area contributed by atoms with Crippen molar-refractivity contribution in [2.75, 3.05) is 30.3 Å². The third-order valence-corrected chi connectivity index (χ3v) is 4.43. The van der Waals surface area contributed by atoms with Gasteiger partial charge in [0, 0.05) is 23.8 Å². The van der Waals surface area contributed by atoms with Crippen LogP contribution in [-0.2, 0) is 4.79 Å². The summed E-state index contributed by atoms with van der Waals surface area (Å²) in [6.45, 7) is 1.34. The van der Waals surface area contributed by atoms with Crippen LogP contribution in [0.1, 0.15) is 23.2 Å². The van der Waals surface area contributed by atoms with Crippen molar-refractivity contribution in [1.82, 2.24) is 4.90 Å². The van der Waals surface area contributed by atoms with E-state index in [1.165, 1.54) is 12.1 Å². The summed E-state index contributed by atoms with van der Waals surface area (Å²) in [5.74, 6) is -1.02. The molecule has 2 aromatic carbocycles. The number of anilines is 2. The van der Waals surface area contributed by atoms with Gasteiger partial charge in [-0.25, -0.2) is 4.39 Å². The summed E-state index contributed by atoms with van der Waals surface area (Å²) in [5, 5.41) is 5.89. The summed E-state index contributed by atoms with van der Waals surface area (Å²) in [6.07, 6.45) is 1.97. The van der Waals surface area contributed by atoms with Crippen LogP contribution in [0.25, 0.3) is 0 Å². The lowest BCUT2D eigenvalue weighted by atomic mass is 10.1. The normalized spacial score (nSPS) is 13.5. The van der Waals surface area contributed by atoms with Crippen LogP contribution in [0.3, 0.4) is 0 Å². The average molecular weight is 376 g/mol. The summed E-state index contributed by atoms with van der Waals surface area (Å²) in [6, 6.07) is 10.9. The number of halogens is 2. The summed E-state index contributed by atoms with van der Waals surface area (Å²) in [5.41, 5.74) is 1.07. The first kappa shape index (κ1) is 18.2. The first-order chi connectivity index (χ1) is 12.5. The molecule has 0 spiro atoms. The molecule has 136 valence electrons. The van der Waals surface area contributed by atoms with E-state index in [4.69, 9.17) is 11.6 Å². The molecule has 2 N–H and O–H groups in total. The minimum Gasteiger partial charge on any atom is -0.375 e. The van der Waals surface area contributed by atoms with Crippen molar-refractivity contribution in [3.63, 3.8) is 0 Å². The zero-order valence-corrected chi connectivity index (χ0v) is 14.9. The Balaban J connectivity index is 1.68. The predicted octanol–water partition coefficient (Wildman–Crippen LogP) is 3.77. The number of hydrogen-bond acceptors (Lipinski definition) is 3. The Morgan fingerprint density at radius 1 is 1.08 bits per heavy atom. The van der Waals surface area contributed by atoms with Crippen LogP contribution in [0.15, 0.2) is 42.5 Å². The van der Waals surface area contributed by atoms with Gasteiger partial charge in [0.15, 0.2) is 0 Å². The van der Waals surface area contributed by atoms with Crippen molar-refractivity contribution in [2.45, 2.75) is 12.8 Å². The van der Waals surface area contributed by atoms with Crippen molar-refractivity contribution < 1.29 is 14.0 Å². The fourth-order valence-corrected chi connectivity index (χ4v) is 3.04. The minimum absolute atomic E-state index is 0.101. The lowest BCUT2D eigenvalue weighted by Gasteiger charge is -2.18. The fraction of sp³-hybridized carbons (Fsp3) is 0.263. The zero-order chi connectivity index (χ0) is 18.5. The van der Waals surface area contributed by atoms with Crippen molar-refractivity contribution in [1.29, 1.82) is 0 Å². The van der Waals surface area contributed by atoms with E-state index in [9.17, 15) is 14.0 Å². The highest BCUT2D eigenvalue weighted by molar-refractivity contribution is 6.31. The molecule has 1 saturated heterocycles. The molecule has 1 aliphatic heterocycles. The highest BCUT2D eigenvalue weighted by Crippen LogP contribution is 2.24. The maximum atomic E-state index is 13.6. The predicted molar refractivity (Wildman–Crippen MR) is 100 cm³/mol. The summed E-state index contributed by atoms with van der Waals surface area (Å²) in [4.78, 5) is 26.5. The Morgan fingerprint density at radius 2 is 1.81 bits per heavy atom. The highest BCUT2D eigenvalue weighted by Gasteiger charge is 2.22. The van der Waals surface area contributed by atoms with Gasteiger partial charge in [0.2, 0.25) is 5.91 Å². The lowest BCUT2D eigenvalue weighted by Crippen LogP contribution is -2.29. The first-order valence-electron chi connectivity index (χ1n) is 8.41. The van der Waals surface area contributed by atoms with E-state index in [-0.39, 0.29) is 18.1 Å². The van der Waals surface area contributed by atoms with E-state index < -0.39 is 11.7 Å². The van der Waals surface area contributed by atoms with Crippen LogP contribution in [-0.4, -0.2) is 36.3 Å². The van der Waals surface area contributed by atoms with Crippen molar-refractivity contribution in [3.8, 4) is 0 Å². The van der Waals surface area contributed by atoms with Crippen LogP contribution in [0.2, 0.25) is 5.02 Å². The van der Waals surface area contributed by atoms with Crippen LogP contribution >= 0.6 is 11.6 Å². The number of hydrogen-bond donors (Lipinski definition) is 2. The molecular formula is C19H19ClFN3O2. The third-order valence-electron chi connectivity index (χ3n) is 4.19. The van der Waals surface area contributed by atoms with E-state index in [1.807, 2.05) is 0 Å². The van der Waals surface area contributed by atoms with Gasteiger partial charge in [-0.15, -0.1) is 0 Å². The molecule has 1 fully saturated rings. The maximum Gasteiger partial charge on any atom is 0.256 e. The van der Waals surface area contributed by atoms with Gasteiger partial charge in [-0.2, -0.15) is 0 Å². The molecule has 2 amide bonds. The van der Waals surface area contributed by atoms with Gasteiger partial charge in [0.05, 0.1) is 17.8 Å². The molecule has 0 bridgehead atoms. The molecule has 0 unspecified atom stereocenters. The Kier molecular flexibility index (Phi) is 5.73. The molecule has 0 radical (unpaired) electrons. The van der Waals surface area contributed by atoms with Crippen molar-refractivity contribution >= 4 is 34.8 Å². The number of para-hydroxylation sites is 1. The molecule has 3 rings (SSSR count). The van der Waals surface area contributed by atoms with E-state index in [0.29, 0.717) is 16.3 Å². The second-order valence-electron chi connectivity index (χ2n) is 6.07. The first-order valence-corrected chi connectivity index (χ1v) is 8.79. The van der Waals surface area contributed by atoms with Gasteiger partial charge in [-0.1, -0.05) is 23.7 Å². The van der Waals surface area contributed by atoms with Crippen LogP contribution in [0, 0.1) is 5.82 Å². The van der Waals surface area contributed by atoms with Gasteiger partial charge in [0.1, 0.15) is 5.82 Å². The van der Waals surface area contributed by atoms with Gasteiger partial charge >= 0.3 is 0 Å². The molecule has 7 heteroatoms. The van der Waals surface area contributed by atoms with Gasteiger partial charge in [-0.3, -0.25) is 9.59 Å². The Labute approximate surface area is 156 Å². The van der Waals surface area contributed by atoms with E-state index in [2.05, 4.69) is 10.6 Å². The Morgan fingerprint density at radius 3 is 2.54 bits per heavy atom. The SMILES string of the molecule is O=C(CNc1ccc(Cl)cc1C(=O)N1CCCC1)Nc1ccccc1F. The standard InChI is InChI=1S/C19H19ClFN3O2/c20-13-7-8-16(14(11-13)19(26)24-9-3-4-10-24)22-12-18(25)23-17-6-2-1-5-15(17)21/h1-2,5-8,11,22H,3-4,9-10,12H2,(H,23,25). The Hall–Kier alpha value is -2.60. The van der Waals surface area contributed by atoms with Gasteiger partial charge in [0.25, 0.3) is 5.91 Å². The molecule has 2 aromatic rings. The second-order valence-corrected chi connectivity index (χ2v) is 6.51. The number of benzene rings is 2. The molecule has 1 heterocycles.